The van der Waals surface area contributed by atoms with Crippen molar-refractivity contribution in [2.24, 2.45) is 0 Å². The Morgan fingerprint density at radius 1 is 1.19 bits per heavy atom. The van der Waals surface area contributed by atoms with Crippen LogP contribution >= 0.6 is 15.9 Å². The Hall–Kier alpha value is -2.41. The maximum atomic E-state index is 4.35. The van der Waals surface area contributed by atoms with Gasteiger partial charge in [-0.15, -0.1) is 0 Å². The highest BCUT2D eigenvalue weighted by atomic mass is 79.9. The molecule has 2 N–H and O–H groups in total. The number of hydrogen-bond acceptors (Lipinski definition) is 4. The van der Waals surface area contributed by atoms with Crippen LogP contribution in [0.5, 0.6) is 0 Å². The number of fused-ring (bicyclic) bond motifs is 2. The predicted octanol–water partition coefficient (Wildman–Crippen LogP) is 2.98. The topological polar surface area (TPSA) is 70.9 Å². The monoisotopic (exact) mass is 342 g/mol. The fraction of sp³-hybridized carbons (Fsp3) is 0.0714. The largest absolute Gasteiger partial charge is 0.379 e. The van der Waals surface area contributed by atoms with Gasteiger partial charge in [0.25, 0.3) is 0 Å². The molecule has 0 unspecified atom stereocenters. The van der Waals surface area contributed by atoms with Gasteiger partial charge in [0.05, 0.1) is 36.3 Å². The average molecular weight is 343 g/mol. The summed E-state index contributed by atoms with van der Waals surface area (Å²) in [4.78, 5) is 8.52. The maximum absolute atomic E-state index is 4.35. The summed E-state index contributed by atoms with van der Waals surface area (Å²) < 4.78 is 2.80. The van der Waals surface area contributed by atoms with E-state index in [0.717, 1.165) is 32.5 Å². The van der Waals surface area contributed by atoms with Crippen molar-refractivity contribution in [3.8, 4) is 0 Å². The van der Waals surface area contributed by atoms with Gasteiger partial charge in [-0.25, -0.2) is 9.97 Å². The van der Waals surface area contributed by atoms with Crippen molar-refractivity contribution in [3.05, 3.63) is 53.3 Å². The molecule has 0 amide bonds. The summed E-state index contributed by atoms with van der Waals surface area (Å²) in [7, 11) is 0. The molecular weight excluding hydrogens is 332 g/mol. The number of nitrogens with one attached hydrogen (secondary N) is 2. The number of aromatic nitrogens is 5. The van der Waals surface area contributed by atoms with Gasteiger partial charge in [-0.05, 0) is 28.1 Å². The lowest BCUT2D eigenvalue weighted by molar-refractivity contribution is 0.984. The van der Waals surface area contributed by atoms with Gasteiger partial charge in [0.2, 0.25) is 0 Å². The smallest absolute Gasteiger partial charge is 0.155 e. The van der Waals surface area contributed by atoms with Crippen LogP contribution in [-0.4, -0.2) is 24.6 Å². The number of hydrogen-bond donors (Lipinski definition) is 2. The summed E-state index contributed by atoms with van der Waals surface area (Å²) in [6.07, 6.45) is 7.33. The van der Waals surface area contributed by atoms with Gasteiger partial charge < -0.3 is 5.32 Å². The molecule has 4 rings (SSSR count). The Balaban J connectivity index is 1.66. The Bertz CT molecular complexity index is 925. The highest BCUT2D eigenvalue weighted by Crippen LogP contribution is 2.22. The molecule has 21 heavy (non-hydrogen) atoms. The van der Waals surface area contributed by atoms with Crippen LogP contribution in [0, 0.1) is 0 Å². The molecule has 0 spiro atoms. The third-order valence-electron chi connectivity index (χ3n) is 3.39. The Labute approximate surface area is 128 Å². The molecule has 4 aromatic rings. The fourth-order valence-corrected chi connectivity index (χ4v) is 2.66. The van der Waals surface area contributed by atoms with Crippen molar-refractivity contribution in [1.82, 2.24) is 24.6 Å². The average Bonchev–Trinajstić information content (AvgIpc) is 3.11. The number of aromatic amines is 1. The van der Waals surface area contributed by atoms with Gasteiger partial charge in [0.1, 0.15) is 4.60 Å². The Morgan fingerprint density at radius 2 is 2.14 bits per heavy atom. The first-order valence-corrected chi connectivity index (χ1v) is 7.24. The minimum Gasteiger partial charge on any atom is -0.379 e. The van der Waals surface area contributed by atoms with Crippen molar-refractivity contribution in [1.29, 1.82) is 0 Å². The molecule has 3 aromatic heterocycles. The molecule has 1 aromatic carbocycles. The van der Waals surface area contributed by atoms with E-state index in [1.165, 1.54) is 0 Å². The van der Waals surface area contributed by atoms with Crippen LogP contribution in [0.25, 0.3) is 16.6 Å². The summed E-state index contributed by atoms with van der Waals surface area (Å²) in [5.41, 5.74) is 3.96. The molecule has 0 saturated heterocycles. The number of H-pyrrole nitrogens is 1. The van der Waals surface area contributed by atoms with E-state index in [9.17, 15) is 0 Å². The first-order chi connectivity index (χ1) is 10.3. The van der Waals surface area contributed by atoms with Gasteiger partial charge in [0.15, 0.2) is 5.65 Å². The molecule has 3 heterocycles. The molecule has 104 valence electrons. The molecule has 0 fully saturated rings. The van der Waals surface area contributed by atoms with Gasteiger partial charge in [-0.1, -0.05) is 6.07 Å². The van der Waals surface area contributed by atoms with Crippen LogP contribution in [0.3, 0.4) is 0 Å². The zero-order valence-electron chi connectivity index (χ0n) is 10.9. The molecule has 0 aliphatic carbocycles. The van der Waals surface area contributed by atoms with Crippen LogP contribution in [0.15, 0.2) is 47.6 Å². The second-order valence-electron chi connectivity index (χ2n) is 4.68. The minimum atomic E-state index is 0.669. The quantitative estimate of drug-likeness (QED) is 0.600. The zero-order valence-corrected chi connectivity index (χ0v) is 12.5. The minimum absolute atomic E-state index is 0.669. The van der Waals surface area contributed by atoms with E-state index in [1.807, 2.05) is 41.2 Å². The highest BCUT2D eigenvalue weighted by Gasteiger charge is 2.06. The molecule has 0 saturated carbocycles. The van der Waals surface area contributed by atoms with Crippen molar-refractivity contribution in [2.75, 3.05) is 5.32 Å². The lowest BCUT2D eigenvalue weighted by Crippen LogP contribution is -2.03. The summed E-state index contributed by atoms with van der Waals surface area (Å²) in [5.74, 6) is 0. The van der Waals surface area contributed by atoms with E-state index in [1.54, 1.807) is 6.20 Å². The Morgan fingerprint density at radius 3 is 3.10 bits per heavy atom. The van der Waals surface area contributed by atoms with E-state index >= 15 is 0 Å². The molecule has 0 atom stereocenters. The molecule has 0 bridgehead atoms. The summed E-state index contributed by atoms with van der Waals surface area (Å²) in [6.45, 7) is 0.669. The van der Waals surface area contributed by atoms with Gasteiger partial charge >= 0.3 is 0 Å². The van der Waals surface area contributed by atoms with E-state index in [-0.39, 0.29) is 0 Å². The van der Waals surface area contributed by atoms with E-state index in [2.05, 4.69) is 41.4 Å². The fourth-order valence-electron chi connectivity index (χ4n) is 2.35. The van der Waals surface area contributed by atoms with Crippen molar-refractivity contribution < 1.29 is 0 Å². The lowest BCUT2D eigenvalue weighted by Gasteiger charge is -2.07. The number of imidazole rings is 1. The van der Waals surface area contributed by atoms with E-state index < -0.39 is 0 Å². The zero-order chi connectivity index (χ0) is 14.2. The highest BCUT2D eigenvalue weighted by molar-refractivity contribution is 9.10. The predicted molar refractivity (Wildman–Crippen MR) is 84.1 cm³/mol. The molecule has 0 radical (unpaired) electrons. The first-order valence-electron chi connectivity index (χ1n) is 6.45. The number of rotatable bonds is 3. The number of halogens is 1. The van der Waals surface area contributed by atoms with Crippen LogP contribution in [0.4, 0.5) is 5.69 Å². The normalized spacial score (nSPS) is 11.3. The number of anilines is 1. The van der Waals surface area contributed by atoms with Crippen molar-refractivity contribution in [3.63, 3.8) is 0 Å². The standard InChI is InChI=1S/C14H11BrN6/c15-13-8-21-9(5-18-14(21)7-17-13)4-16-11-2-1-3-12-10(11)6-19-20-12/h1-3,5-8,16H,4H2,(H,19,20). The SMILES string of the molecule is Brc1cn2c(CNc3cccc4[nH]ncc34)cnc2cn1. The number of nitrogens with zero attached hydrogens (tertiary/aromatic N) is 4. The molecular formula is C14H11BrN6. The number of benzene rings is 1. The summed E-state index contributed by atoms with van der Waals surface area (Å²) in [6, 6.07) is 6.04. The second kappa shape index (κ2) is 4.85. The van der Waals surface area contributed by atoms with Gasteiger partial charge in [-0.3, -0.25) is 9.50 Å². The van der Waals surface area contributed by atoms with Crippen LogP contribution in [0.1, 0.15) is 5.69 Å². The van der Waals surface area contributed by atoms with E-state index in [0.29, 0.717) is 6.54 Å². The van der Waals surface area contributed by atoms with Crippen molar-refractivity contribution >= 4 is 38.2 Å². The van der Waals surface area contributed by atoms with Gasteiger partial charge in [0, 0.05) is 17.3 Å². The molecule has 7 heteroatoms. The lowest BCUT2D eigenvalue weighted by atomic mass is 10.2. The molecule has 0 aliphatic rings. The summed E-state index contributed by atoms with van der Waals surface area (Å²) >= 11 is 3.38. The van der Waals surface area contributed by atoms with E-state index in [4.69, 9.17) is 0 Å². The maximum Gasteiger partial charge on any atom is 0.155 e. The summed E-state index contributed by atoms with van der Waals surface area (Å²) in [5, 5.41) is 11.5. The first kappa shape index (κ1) is 12.3. The van der Waals surface area contributed by atoms with Crippen molar-refractivity contribution in [2.45, 2.75) is 6.54 Å². The third-order valence-corrected chi connectivity index (χ3v) is 3.80. The second-order valence-corrected chi connectivity index (χ2v) is 5.49. The third kappa shape index (κ3) is 2.15. The van der Waals surface area contributed by atoms with Gasteiger partial charge in [-0.2, -0.15) is 5.10 Å². The molecule has 6 nitrogen and oxygen atoms in total. The molecule has 0 aliphatic heterocycles. The van der Waals surface area contributed by atoms with Crippen LogP contribution < -0.4 is 5.32 Å². The van der Waals surface area contributed by atoms with Crippen LogP contribution in [-0.2, 0) is 6.54 Å². The van der Waals surface area contributed by atoms with Crippen LogP contribution in [0.2, 0.25) is 0 Å². The Kier molecular flexibility index (Phi) is 2.85.